The molecule has 2 aromatic rings. The zero-order chi connectivity index (χ0) is 21.7. The molecular weight excluding hydrogens is 378 g/mol. The summed E-state index contributed by atoms with van der Waals surface area (Å²) in [4.78, 5) is 26.9. The zero-order valence-corrected chi connectivity index (χ0v) is 18.3. The predicted molar refractivity (Wildman–Crippen MR) is 117 cm³/mol. The standard InChI is InChI=1S/C25H31NO4/c1-5-29-23(27)22-17-26(24(28)30-25(2,3)4)16-15-21(22)20-13-11-19(12-14-20)18-9-7-6-8-10-18/h6-14,21-22H,5,15-17H2,1-4H3/t21-,22-/m0/s1. The maximum absolute atomic E-state index is 12.7. The van der Waals surface area contributed by atoms with E-state index in [2.05, 4.69) is 36.4 Å². The van der Waals surface area contributed by atoms with E-state index in [-0.39, 0.29) is 18.0 Å². The van der Waals surface area contributed by atoms with Crippen molar-refractivity contribution in [3.05, 3.63) is 60.2 Å². The second-order valence-electron chi connectivity index (χ2n) is 8.67. The third-order valence-electron chi connectivity index (χ3n) is 5.30. The number of esters is 1. The maximum atomic E-state index is 12.7. The first-order valence-corrected chi connectivity index (χ1v) is 10.6. The van der Waals surface area contributed by atoms with Gasteiger partial charge in [0.25, 0.3) is 0 Å². The summed E-state index contributed by atoms with van der Waals surface area (Å²) in [5.41, 5.74) is 2.82. The molecule has 0 bridgehead atoms. The number of likely N-dealkylation sites (tertiary alicyclic amines) is 1. The third kappa shape index (κ3) is 5.41. The molecule has 0 radical (unpaired) electrons. The summed E-state index contributed by atoms with van der Waals surface area (Å²) < 4.78 is 10.8. The number of piperidine rings is 1. The molecule has 30 heavy (non-hydrogen) atoms. The largest absolute Gasteiger partial charge is 0.466 e. The van der Waals surface area contributed by atoms with Crippen molar-refractivity contribution < 1.29 is 19.1 Å². The molecule has 0 spiro atoms. The lowest BCUT2D eigenvalue weighted by molar-refractivity contribution is -0.150. The summed E-state index contributed by atoms with van der Waals surface area (Å²) in [7, 11) is 0. The number of nitrogens with zero attached hydrogens (tertiary/aromatic N) is 1. The second kappa shape index (κ2) is 9.33. The molecule has 0 aromatic heterocycles. The van der Waals surface area contributed by atoms with Gasteiger partial charge in [0.15, 0.2) is 0 Å². The minimum Gasteiger partial charge on any atom is -0.466 e. The molecule has 0 aliphatic carbocycles. The molecule has 3 rings (SSSR count). The van der Waals surface area contributed by atoms with Gasteiger partial charge in [0.2, 0.25) is 0 Å². The minimum atomic E-state index is -0.569. The maximum Gasteiger partial charge on any atom is 0.410 e. The smallest absolute Gasteiger partial charge is 0.410 e. The first-order valence-electron chi connectivity index (χ1n) is 10.6. The van der Waals surface area contributed by atoms with Gasteiger partial charge in [-0.2, -0.15) is 0 Å². The van der Waals surface area contributed by atoms with Crippen molar-refractivity contribution in [2.75, 3.05) is 19.7 Å². The average molecular weight is 410 g/mol. The van der Waals surface area contributed by atoms with E-state index in [4.69, 9.17) is 9.47 Å². The summed E-state index contributed by atoms with van der Waals surface area (Å²) in [6.07, 6.45) is 0.308. The van der Waals surface area contributed by atoms with Crippen molar-refractivity contribution in [1.82, 2.24) is 4.90 Å². The molecule has 5 heteroatoms. The highest BCUT2D eigenvalue weighted by Crippen LogP contribution is 2.35. The van der Waals surface area contributed by atoms with E-state index < -0.39 is 11.5 Å². The summed E-state index contributed by atoms with van der Waals surface area (Å²) >= 11 is 0. The number of benzene rings is 2. The molecule has 1 amide bonds. The van der Waals surface area contributed by atoms with Crippen LogP contribution in [0.4, 0.5) is 4.79 Å². The van der Waals surface area contributed by atoms with Crippen molar-refractivity contribution in [2.24, 2.45) is 5.92 Å². The first-order chi connectivity index (χ1) is 14.3. The fraction of sp³-hybridized carbons (Fsp3) is 0.440. The van der Waals surface area contributed by atoms with E-state index in [0.29, 0.717) is 26.1 Å². The van der Waals surface area contributed by atoms with E-state index in [1.165, 1.54) is 0 Å². The molecule has 1 fully saturated rings. The molecule has 0 unspecified atom stereocenters. The van der Waals surface area contributed by atoms with Gasteiger partial charge in [-0.25, -0.2) is 4.79 Å². The van der Waals surface area contributed by atoms with Gasteiger partial charge in [-0.05, 0) is 50.8 Å². The van der Waals surface area contributed by atoms with Gasteiger partial charge in [0.05, 0.1) is 12.5 Å². The molecule has 2 atom stereocenters. The van der Waals surface area contributed by atoms with Crippen LogP contribution >= 0.6 is 0 Å². The van der Waals surface area contributed by atoms with E-state index in [9.17, 15) is 9.59 Å². The van der Waals surface area contributed by atoms with Crippen LogP contribution in [0.25, 0.3) is 11.1 Å². The molecule has 1 aliphatic rings. The van der Waals surface area contributed by atoms with Crippen LogP contribution in [0.2, 0.25) is 0 Å². The Hall–Kier alpha value is -2.82. The highest BCUT2D eigenvalue weighted by molar-refractivity contribution is 5.76. The van der Waals surface area contributed by atoms with Crippen LogP contribution in [0.1, 0.15) is 45.6 Å². The van der Waals surface area contributed by atoms with E-state index >= 15 is 0 Å². The van der Waals surface area contributed by atoms with Crippen LogP contribution in [0, 0.1) is 5.92 Å². The van der Waals surface area contributed by atoms with Crippen molar-refractivity contribution >= 4 is 12.1 Å². The fourth-order valence-electron chi connectivity index (χ4n) is 3.88. The number of amides is 1. The lowest BCUT2D eigenvalue weighted by atomic mass is 9.80. The van der Waals surface area contributed by atoms with Crippen molar-refractivity contribution in [1.29, 1.82) is 0 Å². The lowest BCUT2D eigenvalue weighted by Gasteiger charge is -2.38. The van der Waals surface area contributed by atoms with Crippen LogP contribution < -0.4 is 0 Å². The Morgan fingerprint density at radius 3 is 2.23 bits per heavy atom. The third-order valence-corrected chi connectivity index (χ3v) is 5.30. The molecule has 0 N–H and O–H groups in total. The number of ether oxygens (including phenoxy) is 2. The number of hydrogen-bond donors (Lipinski definition) is 0. The first kappa shape index (κ1) is 21.9. The summed E-state index contributed by atoms with van der Waals surface area (Å²) in [5, 5.41) is 0. The SMILES string of the molecule is CCOC(=O)[C@H]1CN(C(=O)OC(C)(C)C)CC[C@H]1c1ccc(-c2ccccc2)cc1. The van der Waals surface area contributed by atoms with Crippen LogP contribution in [-0.2, 0) is 14.3 Å². The number of carbonyl (C=O) groups is 2. The molecule has 1 heterocycles. The predicted octanol–water partition coefficient (Wildman–Crippen LogP) is 5.26. The quantitative estimate of drug-likeness (QED) is 0.647. The Bertz CT molecular complexity index is 855. The second-order valence-corrected chi connectivity index (χ2v) is 8.67. The van der Waals surface area contributed by atoms with Crippen LogP contribution in [0.3, 0.4) is 0 Å². The monoisotopic (exact) mass is 409 g/mol. The normalized spacial score (nSPS) is 19.3. The molecule has 0 saturated carbocycles. The van der Waals surface area contributed by atoms with Gasteiger partial charge in [-0.15, -0.1) is 0 Å². The van der Waals surface area contributed by atoms with Crippen molar-refractivity contribution in [3.63, 3.8) is 0 Å². The Morgan fingerprint density at radius 2 is 1.63 bits per heavy atom. The molecule has 1 aliphatic heterocycles. The highest BCUT2D eigenvalue weighted by atomic mass is 16.6. The van der Waals surface area contributed by atoms with Gasteiger partial charge in [0, 0.05) is 19.0 Å². The molecular formula is C25H31NO4. The van der Waals surface area contributed by atoms with E-state index in [1.807, 2.05) is 39.0 Å². The highest BCUT2D eigenvalue weighted by Gasteiger charge is 2.39. The fourth-order valence-corrected chi connectivity index (χ4v) is 3.88. The Balaban J connectivity index is 1.79. The molecule has 5 nitrogen and oxygen atoms in total. The Labute approximate surface area is 179 Å². The number of hydrogen-bond acceptors (Lipinski definition) is 4. The van der Waals surface area contributed by atoms with Gasteiger partial charge < -0.3 is 14.4 Å². The van der Waals surface area contributed by atoms with Gasteiger partial charge in [0.1, 0.15) is 5.60 Å². The van der Waals surface area contributed by atoms with Gasteiger partial charge in [-0.1, -0.05) is 54.6 Å². The van der Waals surface area contributed by atoms with Gasteiger partial charge in [-0.3, -0.25) is 4.79 Å². The summed E-state index contributed by atoms with van der Waals surface area (Å²) in [6, 6.07) is 18.6. The van der Waals surface area contributed by atoms with Gasteiger partial charge >= 0.3 is 12.1 Å². The molecule has 160 valence electrons. The van der Waals surface area contributed by atoms with Crippen LogP contribution in [0.15, 0.2) is 54.6 Å². The average Bonchev–Trinajstić information content (AvgIpc) is 2.73. The van der Waals surface area contributed by atoms with Crippen molar-refractivity contribution in [2.45, 2.75) is 45.6 Å². The Morgan fingerprint density at radius 1 is 1.00 bits per heavy atom. The Kier molecular flexibility index (Phi) is 6.80. The van der Waals surface area contributed by atoms with Crippen LogP contribution in [-0.4, -0.2) is 42.3 Å². The topological polar surface area (TPSA) is 55.8 Å². The summed E-state index contributed by atoms with van der Waals surface area (Å²) in [6.45, 7) is 8.50. The van der Waals surface area contributed by atoms with Crippen molar-refractivity contribution in [3.8, 4) is 11.1 Å². The number of rotatable bonds is 4. The lowest BCUT2D eigenvalue weighted by Crippen LogP contribution is -2.47. The minimum absolute atomic E-state index is 0.00700. The van der Waals surface area contributed by atoms with E-state index in [1.54, 1.807) is 11.8 Å². The van der Waals surface area contributed by atoms with E-state index in [0.717, 1.165) is 16.7 Å². The summed E-state index contributed by atoms with van der Waals surface area (Å²) in [5.74, 6) is -0.663. The number of carbonyl (C=O) groups excluding carboxylic acids is 2. The van der Waals surface area contributed by atoms with Crippen LogP contribution in [0.5, 0.6) is 0 Å². The molecule has 2 aromatic carbocycles. The zero-order valence-electron chi connectivity index (χ0n) is 18.3. The molecule has 1 saturated heterocycles.